The standard InChI is InChI=1S/C23H24O12/c1-7-4-8-13(22(33-3)14(7)25)17(28)12-9(15(8)26)5-10(21(32-2)18(12)29)34-23-20(31)19(30)16(27)11(6-24)35-23/h4-5,11,16,19-20,23-25,27,29-31H,6H2,1-3H3/t11-,16+,19-,20+,23+/m0/s1. The number of aryl methyl sites for hydroxylation is 1. The van der Waals surface area contributed by atoms with E-state index in [0.29, 0.717) is 0 Å². The van der Waals surface area contributed by atoms with E-state index in [4.69, 9.17) is 18.9 Å². The van der Waals surface area contributed by atoms with E-state index < -0.39 is 60.2 Å². The highest BCUT2D eigenvalue weighted by atomic mass is 16.7. The molecule has 35 heavy (non-hydrogen) atoms. The lowest BCUT2D eigenvalue weighted by molar-refractivity contribution is -0.277. The van der Waals surface area contributed by atoms with Crippen molar-refractivity contribution in [2.75, 3.05) is 20.8 Å². The fourth-order valence-corrected chi connectivity index (χ4v) is 4.26. The van der Waals surface area contributed by atoms with Crippen molar-refractivity contribution in [3.8, 4) is 28.7 Å². The molecular weight excluding hydrogens is 468 g/mol. The van der Waals surface area contributed by atoms with Crippen LogP contribution in [-0.2, 0) is 4.74 Å². The quantitative estimate of drug-likeness (QED) is 0.265. The minimum Gasteiger partial charge on any atom is -0.504 e. The number of aromatic hydroxyl groups is 2. The molecule has 1 fully saturated rings. The summed E-state index contributed by atoms with van der Waals surface area (Å²) in [6, 6.07) is 2.42. The van der Waals surface area contributed by atoms with Crippen LogP contribution in [0.1, 0.15) is 37.4 Å². The van der Waals surface area contributed by atoms with E-state index in [-0.39, 0.29) is 45.3 Å². The SMILES string of the molecule is COc1c(O[C@@H]2O[C@@H](CO)[C@@H](O)[C@H](O)[C@H]2O)cc2c(c1O)C(=O)c1c(cc(C)c(O)c1OC)C2=O. The topological polar surface area (TPSA) is 192 Å². The Kier molecular flexibility index (Phi) is 6.34. The van der Waals surface area contributed by atoms with Crippen molar-refractivity contribution in [3.05, 3.63) is 39.9 Å². The lowest BCUT2D eigenvalue weighted by Gasteiger charge is -2.39. The molecule has 0 radical (unpaired) electrons. The maximum Gasteiger partial charge on any atom is 0.229 e. The number of carbonyl (C=O) groups excluding carboxylic acids is 2. The molecule has 188 valence electrons. The maximum absolute atomic E-state index is 13.4. The second-order valence-corrected chi connectivity index (χ2v) is 8.15. The molecule has 2 aromatic carbocycles. The van der Waals surface area contributed by atoms with Crippen molar-refractivity contribution in [1.82, 2.24) is 0 Å². The first-order valence-corrected chi connectivity index (χ1v) is 10.5. The van der Waals surface area contributed by atoms with Crippen LogP contribution >= 0.6 is 0 Å². The van der Waals surface area contributed by atoms with Crippen LogP contribution in [-0.4, -0.2) is 93.7 Å². The highest BCUT2D eigenvalue weighted by Crippen LogP contribution is 2.48. The monoisotopic (exact) mass is 492 g/mol. The minimum absolute atomic E-state index is 0.0713. The summed E-state index contributed by atoms with van der Waals surface area (Å²) in [5.74, 6) is -3.50. The third-order valence-corrected chi connectivity index (χ3v) is 6.11. The van der Waals surface area contributed by atoms with E-state index in [1.54, 1.807) is 0 Å². The van der Waals surface area contributed by atoms with E-state index in [1.807, 2.05) is 0 Å². The number of phenolic OH excluding ortho intramolecular Hbond substituents is 2. The van der Waals surface area contributed by atoms with Gasteiger partial charge in [-0.3, -0.25) is 9.59 Å². The number of carbonyl (C=O) groups is 2. The summed E-state index contributed by atoms with van der Waals surface area (Å²) in [6.07, 6.45) is -8.05. The second-order valence-electron chi connectivity index (χ2n) is 8.15. The maximum atomic E-state index is 13.4. The van der Waals surface area contributed by atoms with Gasteiger partial charge in [0.25, 0.3) is 0 Å². The van der Waals surface area contributed by atoms with Crippen molar-refractivity contribution in [2.45, 2.75) is 37.6 Å². The number of ether oxygens (including phenoxy) is 4. The van der Waals surface area contributed by atoms with Gasteiger partial charge in [-0.2, -0.15) is 0 Å². The molecule has 2 aliphatic rings. The van der Waals surface area contributed by atoms with Crippen LogP contribution in [0.4, 0.5) is 0 Å². The Morgan fingerprint density at radius 2 is 1.49 bits per heavy atom. The van der Waals surface area contributed by atoms with Crippen LogP contribution in [0.3, 0.4) is 0 Å². The van der Waals surface area contributed by atoms with Gasteiger partial charge in [0.2, 0.25) is 17.8 Å². The Hall–Kier alpha value is -3.42. The molecular formula is C23H24O12. The van der Waals surface area contributed by atoms with Gasteiger partial charge in [0.05, 0.1) is 32.0 Å². The van der Waals surface area contributed by atoms with Crippen molar-refractivity contribution >= 4 is 11.6 Å². The number of methoxy groups -OCH3 is 2. The smallest absolute Gasteiger partial charge is 0.229 e. The minimum atomic E-state index is -1.77. The van der Waals surface area contributed by atoms with E-state index >= 15 is 0 Å². The average Bonchev–Trinajstić information content (AvgIpc) is 2.83. The predicted molar refractivity (Wildman–Crippen MR) is 115 cm³/mol. The fourth-order valence-electron chi connectivity index (χ4n) is 4.26. The van der Waals surface area contributed by atoms with E-state index in [1.165, 1.54) is 20.1 Å². The molecule has 0 spiro atoms. The van der Waals surface area contributed by atoms with Crippen LogP contribution < -0.4 is 14.2 Å². The van der Waals surface area contributed by atoms with E-state index in [9.17, 15) is 40.2 Å². The van der Waals surface area contributed by atoms with Gasteiger partial charge in [0.15, 0.2) is 28.8 Å². The highest BCUT2D eigenvalue weighted by molar-refractivity contribution is 6.31. The number of hydrogen-bond donors (Lipinski definition) is 6. The molecule has 12 nitrogen and oxygen atoms in total. The molecule has 2 aromatic rings. The summed E-state index contributed by atoms with van der Waals surface area (Å²) < 4.78 is 21.2. The third-order valence-electron chi connectivity index (χ3n) is 6.11. The van der Waals surface area contributed by atoms with E-state index in [2.05, 4.69) is 0 Å². The first kappa shape index (κ1) is 24.7. The van der Waals surface area contributed by atoms with Crippen molar-refractivity contribution in [3.63, 3.8) is 0 Å². The van der Waals surface area contributed by atoms with Crippen LogP contribution in [0.25, 0.3) is 0 Å². The molecule has 1 saturated heterocycles. The molecule has 12 heteroatoms. The number of benzene rings is 2. The lowest BCUT2D eigenvalue weighted by Crippen LogP contribution is -2.60. The molecule has 0 amide bonds. The fraction of sp³-hybridized carbons (Fsp3) is 0.391. The largest absolute Gasteiger partial charge is 0.504 e. The van der Waals surface area contributed by atoms with Gasteiger partial charge in [-0.15, -0.1) is 0 Å². The van der Waals surface area contributed by atoms with Gasteiger partial charge in [-0.05, 0) is 24.6 Å². The summed E-state index contributed by atoms with van der Waals surface area (Å²) in [7, 11) is 2.38. The first-order valence-electron chi connectivity index (χ1n) is 10.5. The Balaban J connectivity index is 1.83. The zero-order valence-electron chi connectivity index (χ0n) is 18.9. The average molecular weight is 492 g/mol. The number of aliphatic hydroxyl groups excluding tert-OH is 4. The second kappa shape index (κ2) is 8.98. The van der Waals surface area contributed by atoms with Crippen LogP contribution in [0, 0.1) is 6.92 Å². The normalized spacial score (nSPS) is 25.6. The highest BCUT2D eigenvalue weighted by Gasteiger charge is 2.46. The molecule has 5 atom stereocenters. The van der Waals surface area contributed by atoms with Gasteiger partial charge in [-0.1, -0.05) is 0 Å². The summed E-state index contributed by atoms with van der Waals surface area (Å²) in [6.45, 7) is 0.819. The van der Waals surface area contributed by atoms with Gasteiger partial charge < -0.3 is 49.6 Å². The summed E-state index contributed by atoms with van der Waals surface area (Å²) >= 11 is 0. The molecule has 0 unspecified atom stereocenters. The van der Waals surface area contributed by atoms with Crippen molar-refractivity contribution in [2.24, 2.45) is 0 Å². The van der Waals surface area contributed by atoms with Gasteiger partial charge >= 0.3 is 0 Å². The van der Waals surface area contributed by atoms with Crippen molar-refractivity contribution < 1.29 is 59.2 Å². The Morgan fingerprint density at radius 3 is 2.09 bits per heavy atom. The zero-order valence-corrected chi connectivity index (χ0v) is 18.9. The van der Waals surface area contributed by atoms with Crippen LogP contribution in [0.5, 0.6) is 28.7 Å². The molecule has 1 heterocycles. The summed E-state index contributed by atoms with van der Waals surface area (Å²) in [5, 5.41) is 60.9. The number of rotatable bonds is 5. The molecule has 0 saturated carbocycles. The Labute approximate surface area is 198 Å². The molecule has 1 aliphatic heterocycles. The number of aliphatic hydroxyl groups is 4. The molecule has 0 aromatic heterocycles. The van der Waals surface area contributed by atoms with E-state index in [0.717, 1.165) is 13.2 Å². The number of ketones is 2. The zero-order chi connectivity index (χ0) is 25.8. The van der Waals surface area contributed by atoms with Crippen LogP contribution in [0.15, 0.2) is 12.1 Å². The Bertz CT molecular complexity index is 1200. The summed E-state index contributed by atoms with van der Waals surface area (Å²) in [5.41, 5.74) is -0.693. The number of hydrogen-bond acceptors (Lipinski definition) is 12. The summed E-state index contributed by atoms with van der Waals surface area (Å²) in [4.78, 5) is 26.7. The van der Waals surface area contributed by atoms with Gasteiger partial charge in [-0.25, -0.2) is 0 Å². The first-order chi connectivity index (χ1) is 16.6. The predicted octanol–water partition coefficient (Wildman–Crippen LogP) is -0.622. The molecule has 6 N–H and O–H groups in total. The number of fused-ring (bicyclic) bond motifs is 2. The molecule has 1 aliphatic carbocycles. The Morgan fingerprint density at radius 1 is 0.857 bits per heavy atom. The molecule has 0 bridgehead atoms. The number of phenols is 2. The van der Waals surface area contributed by atoms with Crippen LogP contribution in [0.2, 0.25) is 0 Å². The van der Waals surface area contributed by atoms with Crippen molar-refractivity contribution in [1.29, 1.82) is 0 Å². The molecule has 4 rings (SSSR count). The van der Waals surface area contributed by atoms with Gasteiger partial charge in [0, 0.05) is 11.1 Å². The lowest BCUT2D eigenvalue weighted by atomic mass is 9.81. The van der Waals surface area contributed by atoms with Gasteiger partial charge in [0.1, 0.15) is 24.4 Å². The third kappa shape index (κ3) is 3.66.